The first-order valence-corrected chi connectivity index (χ1v) is 9.75. The summed E-state index contributed by atoms with van der Waals surface area (Å²) in [6.45, 7) is 3.54. The topological polar surface area (TPSA) is 85.2 Å². The molecule has 1 N–H and O–H groups in total. The van der Waals surface area contributed by atoms with Crippen LogP contribution in [0, 0.1) is 5.92 Å². The maximum atomic E-state index is 12.2. The van der Waals surface area contributed by atoms with Crippen molar-refractivity contribution < 1.29 is 24.2 Å². The van der Waals surface area contributed by atoms with Crippen molar-refractivity contribution in [3.63, 3.8) is 0 Å². The number of carbonyl (C=O) groups is 2. The second-order valence-corrected chi connectivity index (χ2v) is 7.49. The number of nitrogens with zero attached hydrogens (tertiary/aromatic N) is 1. The number of rotatable bonds is 8. The summed E-state index contributed by atoms with van der Waals surface area (Å²) >= 11 is 12.1. The first kappa shape index (κ1) is 23.4. The summed E-state index contributed by atoms with van der Waals surface area (Å²) in [4.78, 5) is 27.6. The molecular formula is C22H21Cl2NO5. The summed E-state index contributed by atoms with van der Waals surface area (Å²) in [6.07, 6.45) is 4.24. The average Bonchev–Trinajstić information content (AvgIpc) is 2.68. The molecule has 8 heteroatoms. The van der Waals surface area contributed by atoms with Crippen LogP contribution in [0.2, 0.25) is 10.0 Å². The number of aliphatic carboxylic acids is 1. The molecule has 0 saturated carbocycles. The lowest BCUT2D eigenvalue weighted by molar-refractivity contribution is -0.139. The molecular weight excluding hydrogens is 429 g/mol. The largest absolute Gasteiger partial charge is 0.493 e. The third-order valence-corrected chi connectivity index (χ3v) is 4.54. The second kappa shape index (κ2) is 10.8. The zero-order chi connectivity index (χ0) is 22.3. The van der Waals surface area contributed by atoms with E-state index in [1.807, 2.05) is 0 Å². The highest BCUT2D eigenvalue weighted by Gasteiger charge is 2.20. The number of halogens is 2. The molecule has 0 fully saturated rings. The van der Waals surface area contributed by atoms with Crippen molar-refractivity contribution in [3.8, 4) is 11.5 Å². The van der Waals surface area contributed by atoms with E-state index < -0.39 is 18.0 Å². The SMILES string of the molecule is COc1cc(/C=N/C(C(=O)O)C(C)C)cc(Cl)c1OC(=O)/C=C/c1ccc(Cl)cc1. The van der Waals surface area contributed by atoms with E-state index in [4.69, 9.17) is 32.7 Å². The van der Waals surface area contributed by atoms with E-state index >= 15 is 0 Å². The molecule has 2 rings (SSSR count). The van der Waals surface area contributed by atoms with E-state index in [2.05, 4.69) is 4.99 Å². The van der Waals surface area contributed by atoms with Gasteiger partial charge in [0.25, 0.3) is 0 Å². The summed E-state index contributed by atoms with van der Waals surface area (Å²) in [5.41, 5.74) is 1.29. The van der Waals surface area contributed by atoms with Crippen molar-refractivity contribution in [2.75, 3.05) is 7.11 Å². The molecule has 0 aliphatic rings. The predicted octanol–water partition coefficient (Wildman–Crippen LogP) is 5.15. The Morgan fingerprint density at radius 1 is 1.10 bits per heavy atom. The third kappa shape index (κ3) is 6.61. The highest BCUT2D eigenvalue weighted by Crippen LogP contribution is 2.36. The standard InChI is InChI=1S/C22H21Cl2NO5/c1-13(2)20(22(27)28)25-12-15-10-17(24)21(18(11-15)29-3)30-19(26)9-6-14-4-7-16(23)8-5-14/h4-13,20H,1-3H3,(H,27,28)/b9-6+,25-12+. The minimum Gasteiger partial charge on any atom is -0.493 e. The Balaban J connectivity index is 2.19. The van der Waals surface area contributed by atoms with Crippen LogP contribution in [-0.2, 0) is 9.59 Å². The first-order valence-electron chi connectivity index (χ1n) is 9.00. The molecule has 0 saturated heterocycles. The molecule has 0 aromatic heterocycles. The van der Waals surface area contributed by atoms with Crippen LogP contribution in [0.4, 0.5) is 0 Å². The number of aliphatic imine (C=N–C) groups is 1. The van der Waals surface area contributed by atoms with Crippen molar-refractivity contribution in [1.82, 2.24) is 0 Å². The van der Waals surface area contributed by atoms with Crippen LogP contribution >= 0.6 is 23.2 Å². The van der Waals surface area contributed by atoms with Gasteiger partial charge in [-0.05, 0) is 47.4 Å². The van der Waals surface area contributed by atoms with E-state index in [0.29, 0.717) is 10.6 Å². The van der Waals surface area contributed by atoms with E-state index in [1.54, 1.807) is 50.3 Å². The second-order valence-electron chi connectivity index (χ2n) is 6.65. The summed E-state index contributed by atoms with van der Waals surface area (Å²) in [5.74, 6) is -1.56. The number of esters is 1. The van der Waals surface area contributed by atoms with Crippen molar-refractivity contribution in [2.45, 2.75) is 19.9 Å². The van der Waals surface area contributed by atoms with E-state index in [1.165, 1.54) is 25.5 Å². The Hall–Kier alpha value is -2.83. The smallest absolute Gasteiger partial charge is 0.336 e. The highest BCUT2D eigenvalue weighted by molar-refractivity contribution is 6.32. The van der Waals surface area contributed by atoms with Gasteiger partial charge in [0.05, 0.1) is 12.1 Å². The number of hydrogen-bond donors (Lipinski definition) is 1. The summed E-state index contributed by atoms with van der Waals surface area (Å²) in [6, 6.07) is 9.12. The molecule has 6 nitrogen and oxygen atoms in total. The Morgan fingerprint density at radius 2 is 1.77 bits per heavy atom. The molecule has 0 heterocycles. The van der Waals surface area contributed by atoms with Gasteiger partial charge >= 0.3 is 11.9 Å². The minimum absolute atomic E-state index is 0.0562. The molecule has 0 spiro atoms. The fourth-order valence-electron chi connectivity index (χ4n) is 2.47. The van der Waals surface area contributed by atoms with Crippen molar-refractivity contribution in [3.05, 3.63) is 63.6 Å². The molecule has 2 aromatic rings. The van der Waals surface area contributed by atoms with E-state index in [0.717, 1.165) is 5.56 Å². The molecule has 0 amide bonds. The van der Waals surface area contributed by atoms with Gasteiger partial charge in [0, 0.05) is 17.3 Å². The van der Waals surface area contributed by atoms with Crippen molar-refractivity contribution >= 4 is 47.4 Å². The van der Waals surface area contributed by atoms with Gasteiger partial charge < -0.3 is 14.6 Å². The quantitative estimate of drug-likeness (QED) is 0.260. The molecule has 1 atom stereocenters. The van der Waals surface area contributed by atoms with Crippen LogP contribution in [0.25, 0.3) is 6.08 Å². The molecule has 0 aliphatic carbocycles. The third-order valence-electron chi connectivity index (χ3n) is 4.00. The summed E-state index contributed by atoms with van der Waals surface area (Å²) in [7, 11) is 1.40. The number of hydrogen-bond acceptors (Lipinski definition) is 5. The lowest BCUT2D eigenvalue weighted by atomic mass is 10.1. The van der Waals surface area contributed by atoms with Crippen LogP contribution in [0.5, 0.6) is 11.5 Å². The summed E-state index contributed by atoms with van der Waals surface area (Å²) < 4.78 is 10.6. The molecule has 0 aliphatic heterocycles. The molecule has 0 radical (unpaired) electrons. The normalized spacial score (nSPS) is 12.5. The fourth-order valence-corrected chi connectivity index (χ4v) is 2.86. The van der Waals surface area contributed by atoms with E-state index in [9.17, 15) is 14.7 Å². The maximum Gasteiger partial charge on any atom is 0.336 e. The zero-order valence-corrected chi connectivity index (χ0v) is 18.1. The van der Waals surface area contributed by atoms with Gasteiger partial charge in [-0.1, -0.05) is 49.2 Å². The summed E-state index contributed by atoms with van der Waals surface area (Å²) in [5, 5.41) is 9.95. The van der Waals surface area contributed by atoms with Gasteiger partial charge in [-0.15, -0.1) is 0 Å². The molecule has 2 aromatic carbocycles. The number of carboxylic acids is 1. The van der Waals surface area contributed by atoms with Gasteiger partial charge in [-0.3, -0.25) is 4.99 Å². The Labute approximate surface area is 184 Å². The number of ether oxygens (including phenoxy) is 2. The Kier molecular flexibility index (Phi) is 8.45. The number of carboxylic acid groups (broad SMARTS) is 1. The Morgan fingerprint density at radius 3 is 2.33 bits per heavy atom. The van der Waals surface area contributed by atoms with Crippen LogP contribution in [0.1, 0.15) is 25.0 Å². The molecule has 158 valence electrons. The van der Waals surface area contributed by atoms with Gasteiger partial charge in [0.15, 0.2) is 11.5 Å². The molecule has 1 unspecified atom stereocenters. The average molecular weight is 450 g/mol. The first-order chi connectivity index (χ1) is 14.2. The van der Waals surface area contributed by atoms with Gasteiger partial charge in [0.1, 0.15) is 6.04 Å². The van der Waals surface area contributed by atoms with E-state index in [-0.39, 0.29) is 22.4 Å². The molecule has 0 bridgehead atoms. The number of benzene rings is 2. The van der Waals surface area contributed by atoms with Crippen molar-refractivity contribution in [1.29, 1.82) is 0 Å². The molecule has 30 heavy (non-hydrogen) atoms. The van der Waals surface area contributed by atoms with Gasteiger partial charge in [0.2, 0.25) is 0 Å². The lowest BCUT2D eigenvalue weighted by Gasteiger charge is -2.12. The predicted molar refractivity (Wildman–Crippen MR) is 118 cm³/mol. The maximum absolute atomic E-state index is 12.2. The van der Waals surface area contributed by atoms with Crippen LogP contribution in [0.3, 0.4) is 0 Å². The van der Waals surface area contributed by atoms with Crippen LogP contribution < -0.4 is 9.47 Å². The number of methoxy groups -OCH3 is 1. The van der Waals surface area contributed by atoms with Crippen LogP contribution in [0.15, 0.2) is 47.5 Å². The fraction of sp³-hybridized carbons (Fsp3) is 0.227. The zero-order valence-electron chi connectivity index (χ0n) is 16.6. The van der Waals surface area contributed by atoms with Gasteiger partial charge in [-0.2, -0.15) is 0 Å². The monoisotopic (exact) mass is 449 g/mol. The number of carbonyl (C=O) groups excluding carboxylic acids is 1. The minimum atomic E-state index is -1.02. The van der Waals surface area contributed by atoms with Crippen LogP contribution in [-0.4, -0.2) is 36.4 Å². The van der Waals surface area contributed by atoms with Crippen molar-refractivity contribution in [2.24, 2.45) is 10.9 Å². The Bertz CT molecular complexity index is 968. The van der Waals surface area contributed by atoms with Gasteiger partial charge in [-0.25, -0.2) is 9.59 Å². The lowest BCUT2D eigenvalue weighted by Crippen LogP contribution is -2.24. The highest BCUT2D eigenvalue weighted by atomic mass is 35.5.